The van der Waals surface area contributed by atoms with Crippen molar-refractivity contribution in [2.45, 2.75) is 65.7 Å². The molecule has 1 aromatic carbocycles. The van der Waals surface area contributed by atoms with Gasteiger partial charge in [-0.2, -0.15) is 0 Å². The zero-order valence-corrected chi connectivity index (χ0v) is 13.8. The number of aryl methyl sites for hydroxylation is 1. The second kappa shape index (κ2) is 8.31. The number of unbranched alkanes of at least 4 members (excludes halogenated alkanes) is 2. The molecule has 0 amide bonds. The minimum absolute atomic E-state index is 0.235. The van der Waals surface area contributed by atoms with Gasteiger partial charge in [0, 0.05) is 6.61 Å². The summed E-state index contributed by atoms with van der Waals surface area (Å²) in [5.74, 6) is 0.923. The highest BCUT2D eigenvalue weighted by Crippen LogP contribution is 2.32. The first-order chi connectivity index (χ1) is 9.51. The van der Waals surface area contributed by atoms with Crippen molar-refractivity contribution in [1.82, 2.24) is 0 Å². The lowest BCUT2D eigenvalue weighted by Crippen LogP contribution is -2.17. The van der Waals surface area contributed by atoms with Crippen molar-refractivity contribution in [3.05, 3.63) is 29.3 Å². The van der Waals surface area contributed by atoms with E-state index in [9.17, 15) is 0 Å². The van der Waals surface area contributed by atoms with Crippen molar-refractivity contribution in [3.8, 4) is 5.75 Å². The first kappa shape index (κ1) is 17.0. The molecule has 1 aromatic rings. The maximum Gasteiger partial charge on any atom is 0.189 e. The Morgan fingerprint density at radius 1 is 1.10 bits per heavy atom. The SMILES string of the molecule is CCCCCC(C)(C)c1ccc(OCOCC)c(C)c1. The Hall–Kier alpha value is -1.02. The fourth-order valence-electron chi connectivity index (χ4n) is 2.38. The first-order valence-electron chi connectivity index (χ1n) is 7.83. The second-order valence-corrected chi connectivity index (χ2v) is 6.08. The smallest absolute Gasteiger partial charge is 0.189 e. The van der Waals surface area contributed by atoms with Crippen molar-refractivity contribution >= 4 is 0 Å². The van der Waals surface area contributed by atoms with Crippen molar-refractivity contribution in [2.75, 3.05) is 13.4 Å². The van der Waals surface area contributed by atoms with Gasteiger partial charge in [0.15, 0.2) is 6.79 Å². The summed E-state index contributed by atoms with van der Waals surface area (Å²) in [6, 6.07) is 6.53. The van der Waals surface area contributed by atoms with E-state index in [-0.39, 0.29) is 5.41 Å². The van der Waals surface area contributed by atoms with E-state index >= 15 is 0 Å². The predicted octanol–water partition coefficient (Wildman–Crippen LogP) is 5.23. The van der Waals surface area contributed by atoms with Crippen molar-refractivity contribution in [2.24, 2.45) is 0 Å². The molecule has 0 saturated carbocycles. The molecule has 0 spiro atoms. The molecule has 0 saturated heterocycles. The molecular formula is C18H30O2. The second-order valence-electron chi connectivity index (χ2n) is 6.08. The molecule has 0 atom stereocenters. The molecule has 0 fully saturated rings. The molecule has 114 valence electrons. The lowest BCUT2D eigenvalue weighted by atomic mass is 9.79. The maximum atomic E-state index is 5.62. The molecule has 0 aliphatic heterocycles. The quantitative estimate of drug-likeness (QED) is 0.455. The molecule has 1 rings (SSSR count). The van der Waals surface area contributed by atoms with Gasteiger partial charge >= 0.3 is 0 Å². The van der Waals surface area contributed by atoms with Crippen molar-refractivity contribution < 1.29 is 9.47 Å². The Bertz CT molecular complexity index is 396. The van der Waals surface area contributed by atoms with Gasteiger partial charge in [-0.15, -0.1) is 0 Å². The Morgan fingerprint density at radius 3 is 2.45 bits per heavy atom. The summed E-state index contributed by atoms with van der Waals surface area (Å²) in [6.07, 6.45) is 5.13. The van der Waals surface area contributed by atoms with Crippen LogP contribution in [0.4, 0.5) is 0 Å². The zero-order chi connectivity index (χ0) is 15.0. The summed E-state index contributed by atoms with van der Waals surface area (Å²) in [6.45, 7) is 12.0. The van der Waals surface area contributed by atoms with Crippen LogP contribution in [-0.2, 0) is 10.2 Å². The third-order valence-electron chi connectivity index (χ3n) is 3.86. The van der Waals surface area contributed by atoms with Crippen LogP contribution >= 0.6 is 0 Å². The number of rotatable bonds is 9. The molecule has 0 aromatic heterocycles. The number of benzene rings is 1. The largest absolute Gasteiger partial charge is 0.467 e. The molecule has 0 radical (unpaired) electrons. The third-order valence-corrected chi connectivity index (χ3v) is 3.86. The van der Waals surface area contributed by atoms with Gasteiger partial charge in [0.05, 0.1) is 0 Å². The maximum absolute atomic E-state index is 5.62. The summed E-state index contributed by atoms with van der Waals surface area (Å²) in [5, 5.41) is 0. The third kappa shape index (κ3) is 5.16. The summed E-state index contributed by atoms with van der Waals surface area (Å²) >= 11 is 0. The van der Waals surface area contributed by atoms with Gasteiger partial charge < -0.3 is 9.47 Å². The fraction of sp³-hybridized carbons (Fsp3) is 0.667. The molecule has 0 N–H and O–H groups in total. The molecule has 20 heavy (non-hydrogen) atoms. The molecule has 0 bridgehead atoms. The highest BCUT2D eigenvalue weighted by Gasteiger charge is 2.20. The Kier molecular flexibility index (Phi) is 7.08. The number of ether oxygens (including phenoxy) is 2. The van der Waals surface area contributed by atoms with E-state index in [0.717, 1.165) is 5.75 Å². The first-order valence-corrected chi connectivity index (χ1v) is 7.83. The predicted molar refractivity (Wildman–Crippen MR) is 85.5 cm³/mol. The Balaban J connectivity index is 2.69. The van der Waals surface area contributed by atoms with Crippen LogP contribution in [0.15, 0.2) is 18.2 Å². The highest BCUT2D eigenvalue weighted by molar-refractivity contribution is 5.38. The lowest BCUT2D eigenvalue weighted by molar-refractivity contribution is 0.0220. The van der Waals surface area contributed by atoms with Crippen LogP contribution in [0, 0.1) is 6.92 Å². The van der Waals surface area contributed by atoms with E-state index in [4.69, 9.17) is 9.47 Å². The lowest BCUT2D eigenvalue weighted by Gasteiger charge is -2.26. The highest BCUT2D eigenvalue weighted by atomic mass is 16.7. The molecule has 0 aliphatic carbocycles. The van der Waals surface area contributed by atoms with Crippen LogP contribution in [-0.4, -0.2) is 13.4 Å². The van der Waals surface area contributed by atoms with Crippen LogP contribution < -0.4 is 4.74 Å². The average Bonchev–Trinajstić information content (AvgIpc) is 2.41. The van der Waals surface area contributed by atoms with Gasteiger partial charge in [-0.05, 0) is 42.9 Å². The van der Waals surface area contributed by atoms with Crippen LogP contribution in [0.2, 0.25) is 0 Å². The van der Waals surface area contributed by atoms with Gasteiger partial charge in [-0.3, -0.25) is 0 Å². The molecule has 0 aliphatic rings. The van der Waals surface area contributed by atoms with Crippen molar-refractivity contribution in [3.63, 3.8) is 0 Å². The van der Waals surface area contributed by atoms with Gasteiger partial charge in [-0.1, -0.05) is 52.2 Å². The van der Waals surface area contributed by atoms with Gasteiger partial charge in [0.25, 0.3) is 0 Å². The number of hydrogen-bond donors (Lipinski definition) is 0. The molecular weight excluding hydrogens is 248 g/mol. The van der Waals surface area contributed by atoms with Gasteiger partial charge in [-0.25, -0.2) is 0 Å². The number of hydrogen-bond acceptors (Lipinski definition) is 2. The minimum atomic E-state index is 0.235. The van der Waals surface area contributed by atoms with Crippen LogP contribution in [0.1, 0.15) is 64.5 Å². The topological polar surface area (TPSA) is 18.5 Å². The minimum Gasteiger partial charge on any atom is -0.467 e. The van der Waals surface area contributed by atoms with Gasteiger partial charge in [0.2, 0.25) is 0 Å². The molecule has 2 heteroatoms. The van der Waals surface area contributed by atoms with E-state index in [0.29, 0.717) is 13.4 Å². The van der Waals surface area contributed by atoms with Crippen LogP contribution in [0.5, 0.6) is 5.75 Å². The van der Waals surface area contributed by atoms with Crippen molar-refractivity contribution in [1.29, 1.82) is 0 Å². The standard InChI is InChI=1S/C18H30O2/c1-6-8-9-12-18(4,5)16-10-11-17(15(3)13-16)20-14-19-7-2/h10-11,13H,6-9,12,14H2,1-5H3. The van der Waals surface area contributed by atoms with E-state index in [2.05, 4.69) is 45.9 Å². The van der Waals surface area contributed by atoms with E-state index in [1.165, 1.54) is 36.8 Å². The van der Waals surface area contributed by atoms with Gasteiger partial charge in [0.1, 0.15) is 5.75 Å². The summed E-state index contributed by atoms with van der Waals surface area (Å²) in [4.78, 5) is 0. The fourth-order valence-corrected chi connectivity index (χ4v) is 2.38. The summed E-state index contributed by atoms with van der Waals surface area (Å²) < 4.78 is 10.9. The molecule has 0 unspecified atom stereocenters. The van der Waals surface area contributed by atoms with E-state index < -0.39 is 0 Å². The Labute approximate surface area is 124 Å². The van der Waals surface area contributed by atoms with E-state index in [1.54, 1.807) is 0 Å². The van der Waals surface area contributed by atoms with Crippen LogP contribution in [0.25, 0.3) is 0 Å². The van der Waals surface area contributed by atoms with Crippen LogP contribution in [0.3, 0.4) is 0 Å². The molecule has 2 nitrogen and oxygen atoms in total. The normalized spacial score (nSPS) is 11.7. The molecule has 0 heterocycles. The Morgan fingerprint density at radius 2 is 1.85 bits per heavy atom. The van der Waals surface area contributed by atoms with E-state index in [1.807, 2.05) is 6.92 Å². The summed E-state index contributed by atoms with van der Waals surface area (Å²) in [5.41, 5.74) is 2.82. The summed E-state index contributed by atoms with van der Waals surface area (Å²) in [7, 11) is 0. The zero-order valence-electron chi connectivity index (χ0n) is 13.8. The monoisotopic (exact) mass is 278 g/mol. The average molecular weight is 278 g/mol.